The second-order valence-corrected chi connectivity index (χ2v) is 5.52. The SMILES string of the molecule is O=S1(=O)C=CN=C1CN1CCCCC1. The number of hydrogen-bond acceptors (Lipinski definition) is 4. The molecule has 4 nitrogen and oxygen atoms in total. The summed E-state index contributed by atoms with van der Waals surface area (Å²) in [7, 11) is -3.16. The maximum Gasteiger partial charge on any atom is 0.215 e. The van der Waals surface area contributed by atoms with Crippen LogP contribution in [0.1, 0.15) is 19.3 Å². The minimum atomic E-state index is -3.16. The van der Waals surface area contributed by atoms with Gasteiger partial charge in [-0.25, -0.2) is 13.4 Å². The highest BCUT2D eigenvalue weighted by atomic mass is 32.2. The summed E-state index contributed by atoms with van der Waals surface area (Å²) in [5.74, 6) is 0. The van der Waals surface area contributed by atoms with E-state index in [-0.39, 0.29) is 0 Å². The van der Waals surface area contributed by atoms with Gasteiger partial charge in [-0.15, -0.1) is 0 Å². The van der Waals surface area contributed by atoms with Gasteiger partial charge in [-0.3, -0.25) is 4.90 Å². The van der Waals surface area contributed by atoms with Gasteiger partial charge in [0.25, 0.3) is 0 Å². The van der Waals surface area contributed by atoms with Crippen LogP contribution < -0.4 is 0 Å². The Morgan fingerprint density at radius 3 is 2.57 bits per heavy atom. The number of aliphatic imine (C=N–C) groups is 1. The van der Waals surface area contributed by atoms with Gasteiger partial charge in [0.1, 0.15) is 0 Å². The van der Waals surface area contributed by atoms with E-state index in [2.05, 4.69) is 9.89 Å². The number of piperidine rings is 1. The molecule has 0 saturated carbocycles. The Hall–Kier alpha value is -0.680. The molecule has 2 aliphatic heterocycles. The van der Waals surface area contributed by atoms with Crippen LogP contribution in [0.3, 0.4) is 0 Å². The number of rotatable bonds is 2. The van der Waals surface area contributed by atoms with Gasteiger partial charge >= 0.3 is 0 Å². The smallest absolute Gasteiger partial charge is 0.215 e. The van der Waals surface area contributed by atoms with Gasteiger partial charge in [0.05, 0.1) is 12.0 Å². The van der Waals surface area contributed by atoms with Crippen LogP contribution in [0.15, 0.2) is 16.6 Å². The molecule has 78 valence electrons. The molecule has 0 N–H and O–H groups in total. The molecule has 0 amide bonds. The zero-order valence-electron chi connectivity index (χ0n) is 8.02. The van der Waals surface area contributed by atoms with Gasteiger partial charge in [0, 0.05) is 6.20 Å². The molecule has 0 aromatic rings. The summed E-state index contributed by atoms with van der Waals surface area (Å²) in [5.41, 5.74) is 0. The Bertz CT molecular complexity index is 364. The van der Waals surface area contributed by atoms with E-state index in [1.807, 2.05) is 0 Å². The van der Waals surface area contributed by atoms with Crippen LogP contribution in [0.2, 0.25) is 0 Å². The number of hydrogen-bond donors (Lipinski definition) is 0. The molecule has 1 saturated heterocycles. The molecule has 0 aliphatic carbocycles. The summed E-state index contributed by atoms with van der Waals surface area (Å²) in [6, 6.07) is 0. The van der Waals surface area contributed by atoms with E-state index in [1.54, 1.807) is 0 Å². The summed E-state index contributed by atoms with van der Waals surface area (Å²) in [5, 5.41) is 1.48. The van der Waals surface area contributed by atoms with E-state index in [4.69, 9.17) is 0 Å². The average molecular weight is 214 g/mol. The number of sulfone groups is 1. The zero-order valence-corrected chi connectivity index (χ0v) is 8.83. The first-order valence-electron chi connectivity index (χ1n) is 4.89. The van der Waals surface area contributed by atoms with E-state index in [9.17, 15) is 8.42 Å². The van der Waals surface area contributed by atoms with Gasteiger partial charge in [0.15, 0.2) is 5.04 Å². The summed E-state index contributed by atoms with van der Waals surface area (Å²) < 4.78 is 22.8. The van der Waals surface area contributed by atoms with Gasteiger partial charge in [-0.05, 0) is 25.9 Å². The molecule has 0 aromatic heterocycles. The van der Waals surface area contributed by atoms with E-state index in [0.717, 1.165) is 13.1 Å². The molecule has 2 aliphatic rings. The van der Waals surface area contributed by atoms with Crippen molar-refractivity contribution in [3.8, 4) is 0 Å². The molecule has 5 heteroatoms. The Morgan fingerprint density at radius 2 is 2.00 bits per heavy atom. The fourth-order valence-electron chi connectivity index (χ4n) is 1.79. The fourth-order valence-corrected chi connectivity index (χ4v) is 2.73. The van der Waals surface area contributed by atoms with E-state index in [1.165, 1.54) is 30.9 Å². The van der Waals surface area contributed by atoms with Crippen molar-refractivity contribution in [3.63, 3.8) is 0 Å². The molecule has 0 aromatic carbocycles. The number of nitrogens with zero attached hydrogens (tertiary/aromatic N) is 2. The molecule has 0 bridgehead atoms. The van der Waals surface area contributed by atoms with E-state index in [0.29, 0.717) is 11.6 Å². The fraction of sp³-hybridized carbons (Fsp3) is 0.667. The van der Waals surface area contributed by atoms with Crippen LogP contribution in [-0.2, 0) is 9.84 Å². The van der Waals surface area contributed by atoms with Crippen LogP contribution in [0.25, 0.3) is 0 Å². The van der Waals surface area contributed by atoms with Gasteiger partial charge in [-0.2, -0.15) is 0 Å². The molecule has 0 spiro atoms. The lowest BCUT2D eigenvalue weighted by Crippen LogP contribution is -2.36. The van der Waals surface area contributed by atoms with Crippen LogP contribution in [-0.4, -0.2) is 38.0 Å². The Kier molecular flexibility index (Phi) is 2.69. The normalized spacial score (nSPS) is 26.4. The maximum absolute atomic E-state index is 11.4. The van der Waals surface area contributed by atoms with Gasteiger partial charge in [0.2, 0.25) is 9.84 Å². The standard InChI is InChI=1S/C9H14N2O2S/c12-14(13)7-4-10-9(14)8-11-5-2-1-3-6-11/h4,7H,1-3,5-6,8H2. The molecule has 0 unspecified atom stereocenters. The van der Waals surface area contributed by atoms with Crippen molar-refractivity contribution in [1.82, 2.24) is 4.90 Å². The lowest BCUT2D eigenvalue weighted by molar-refractivity contribution is 0.259. The van der Waals surface area contributed by atoms with Crippen molar-refractivity contribution in [2.45, 2.75) is 19.3 Å². The average Bonchev–Trinajstić information content (AvgIpc) is 2.48. The summed E-state index contributed by atoms with van der Waals surface area (Å²) in [4.78, 5) is 6.05. The first-order chi connectivity index (χ1) is 6.68. The zero-order chi connectivity index (χ0) is 10.0. The highest BCUT2D eigenvalue weighted by Crippen LogP contribution is 2.12. The van der Waals surface area contributed by atoms with Crippen molar-refractivity contribution in [2.75, 3.05) is 19.6 Å². The van der Waals surface area contributed by atoms with Crippen LogP contribution in [0.4, 0.5) is 0 Å². The number of likely N-dealkylation sites (tertiary alicyclic amines) is 1. The van der Waals surface area contributed by atoms with Gasteiger partial charge < -0.3 is 0 Å². The topological polar surface area (TPSA) is 49.7 Å². The largest absolute Gasteiger partial charge is 0.297 e. The van der Waals surface area contributed by atoms with Gasteiger partial charge in [-0.1, -0.05) is 6.42 Å². The molecular weight excluding hydrogens is 200 g/mol. The molecule has 2 heterocycles. The monoisotopic (exact) mass is 214 g/mol. The first kappa shape index (κ1) is 9.86. The molecule has 1 fully saturated rings. The third-order valence-corrected chi connectivity index (χ3v) is 3.97. The van der Waals surface area contributed by atoms with Crippen LogP contribution >= 0.6 is 0 Å². The lowest BCUT2D eigenvalue weighted by atomic mass is 10.1. The lowest BCUT2D eigenvalue weighted by Gasteiger charge is -2.25. The minimum Gasteiger partial charge on any atom is -0.297 e. The van der Waals surface area contributed by atoms with Crippen molar-refractivity contribution in [1.29, 1.82) is 0 Å². The van der Waals surface area contributed by atoms with Crippen molar-refractivity contribution in [3.05, 3.63) is 11.6 Å². The molecular formula is C9H14N2O2S. The summed E-state index contributed by atoms with van der Waals surface area (Å²) >= 11 is 0. The van der Waals surface area contributed by atoms with Crippen molar-refractivity contribution in [2.24, 2.45) is 4.99 Å². The highest BCUT2D eigenvalue weighted by molar-refractivity contribution is 8.09. The Balaban J connectivity index is 1.98. The molecule has 0 radical (unpaired) electrons. The maximum atomic E-state index is 11.4. The Labute approximate surface area is 84.2 Å². The van der Waals surface area contributed by atoms with Crippen molar-refractivity contribution < 1.29 is 8.42 Å². The third kappa shape index (κ3) is 2.04. The predicted octanol–water partition coefficient (Wildman–Crippen LogP) is 0.770. The third-order valence-electron chi connectivity index (χ3n) is 2.59. The molecule has 2 rings (SSSR count). The minimum absolute atomic E-state index is 0.305. The highest BCUT2D eigenvalue weighted by Gasteiger charge is 2.23. The molecule has 14 heavy (non-hydrogen) atoms. The summed E-state index contributed by atoms with van der Waals surface area (Å²) in [6.07, 6.45) is 4.96. The summed E-state index contributed by atoms with van der Waals surface area (Å²) in [6.45, 7) is 2.47. The second-order valence-electron chi connectivity index (χ2n) is 3.69. The molecule has 0 atom stereocenters. The quantitative estimate of drug-likeness (QED) is 0.682. The van der Waals surface area contributed by atoms with Crippen LogP contribution in [0, 0.1) is 0 Å². The first-order valence-corrected chi connectivity index (χ1v) is 6.44. The Morgan fingerprint density at radius 1 is 1.29 bits per heavy atom. The van der Waals surface area contributed by atoms with E-state index < -0.39 is 9.84 Å². The predicted molar refractivity (Wildman–Crippen MR) is 55.8 cm³/mol. The van der Waals surface area contributed by atoms with E-state index >= 15 is 0 Å². The second kappa shape index (κ2) is 3.82. The van der Waals surface area contributed by atoms with Crippen molar-refractivity contribution >= 4 is 14.9 Å². The van der Waals surface area contributed by atoms with Crippen LogP contribution in [0.5, 0.6) is 0 Å².